The molecule has 0 aliphatic rings. The monoisotopic (exact) mass is 452 g/mol. The lowest BCUT2D eigenvalue weighted by atomic mass is 10.1. The number of aromatic hydroxyl groups is 1. The van der Waals surface area contributed by atoms with Crippen molar-refractivity contribution in [3.8, 4) is 11.5 Å². The average molecular weight is 452 g/mol. The molecule has 0 spiro atoms. The number of azo groups is 1. The third-order valence-corrected chi connectivity index (χ3v) is 5.57. The number of methoxy groups -OCH3 is 1. The second kappa shape index (κ2) is 8.95. The van der Waals surface area contributed by atoms with Crippen LogP contribution >= 0.6 is 12.0 Å². The molecule has 3 rings (SSSR count). The summed E-state index contributed by atoms with van der Waals surface area (Å²) in [6, 6.07) is 10.8. The molecule has 3 aromatic carbocycles. The molecule has 158 valence electrons. The first kappa shape index (κ1) is 22.0. The number of phenols is 1. The summed E-state index contributed by atoms with van der Waals surface area (Å²) in [5.41, 5.74) is 0.589. The number of phenolic OH excluding ortho intramolecular Hbond substituents is 1. The van der Waals surface area contributed by atoms with E-state index in [2.05, 4.69) is 19.6 Å². The van der Waals surface area contributed by atoms with Crippen molar-refractivity contribution in [2.45, 2.75) is 16.7 Å². The van der Waals surface area contributed by atoms with Crippen molar-refractivity contribution in [2.75, 3.05) is 7.11 Å². The summed E-state index contributed by atoms with van der Waals surface area (Å²) in [4.78, 5) is -0.295. The zero-order chi connectivity index (χ0) is 21.9. The zero-order valence-corrected chi connectivity index (χ0v) is 17.3. The Bertz CT molecular complexity index is 1230. The van der Waals surface area contributed by atoms with Crippen LogP contribution in [-0.2, 0) is 19.5 Å². The van der Waals surface area contributed by atoms with Gasteiger partial charge < -0.3 is 9.84 Å². The molecule has 0 aromatic heterocycles. The standard InChI is InChI=1S/C18H16N2O8S2/c1-10-3-5-13-11(7-10)8-16(30(23,24)25)17(18(13)21)20-19-14-6-4-12(26-2)9-15(14)29-28-27-22/h3-9,21-22H,1-2H3,(H,23,24,25). The summed E-state index contributed by atoms with van der Waals surface area (Å²) in [6.07, 6.45) is 0. The fourth-order valence-corrected chi connectivity index (χ4v) is 3.81. The number of rotatable bonds is 7. The number of hydrogen-bond acceptors (Lipinski definition) is 10. The topological polar surface area (TPSA) is 147 Å². The van der Waals surface area contributed by atoms with E-state index in [4.69, 9.17) is 9.99 Å². The van der Waals surface area contributed by atoms with Crippen molar-refractivity contribution in [3.63, 3.8) is 0 Å². The highest BCUT2D eigenvalue weighted by atomic mass is 32.2. The Hall–Kier alpha value is -2.74. The van der Waals surface area contributed by atoms with Gasteiger partial charge in [0.05, 0.1) is 24.0 Å². The van der Waals surface area contributed by atoms with E-state index < -0.39 is 26.5 Å². The van der Waals surface area contributed by atoms with Crippen LogP contribution in [0.3, 0.4) is 0 Å². The molecule has 0 bridgehead atoms. The highest BCUT2D eigenvalue weighted by molar-refractivity contribution is 7.94. The lowest BCUT2D eigenvalue weighted by Crippen LogP contribution is -1.99. The lowest BCUT2D eigenvalue weighted by Gasteiger charge is -2.10. The maximum Gasteiger partial charge on any atom is 0.296 e. The maximum absolute atomic E-state index is 11.9. The Balaban J connectivity index is 2.17. The van der Waals surface area contributed by atoms with Crippen LogP contribution in [0.5, 0.6) is 11.5 Å². The first-order valence-corrected chi connectivity index (χ1v) is 10.4. The lowest BCUT2D eigenvalue weighted by molar-refractivity contribution is -0.432. The van der Waals surface area contributed by atoms with Crippen molar-refractivity contribution < 1.29 is 37.4 Å². The third-order valence-electron chi connectivity index (χ3n) is 4.06. The van der Waals surface area contributed by atoms with Crippen LogP contribution in [0.2, 0.25) is 0 Å². The number of ether oxygens (including phenoxy) is 1. The minimum absolute atomic E-state index is 0.183. The number of fused-ring (bicyclic) bond motifs is 1. The predicted molar refractivity (Wildman–Crippen MR) is 108 cm³/mol. The summed E-state index contributed by atoms with van der Waals surface area (Å²) in [7, 11) is -3.27. The van der Waals surface area contributed by atoms with Gasteiger partial charge >= 0.3 is 0 Å². The van der Waals surface area contributed by atoms with Gasteiger partial charge in [-0.25, -0.2) is 5.26 Å². The average Bonchev–Trinajstić information content (AvgIpc) is 2.70. The molecule has 10 nitrogen and oxygen atoms in total. The van der Waals surface area contributed by atoms with Crippen LogP contribution in [0.15, 0.2) is 62.5 Å². The molecule has 0 amide bonds. The zero-order valence-electron chi connectivity index (χ0n) is 15.6. The fraction of sp³-hybridized carbons (Fsp3) is 0.111. The van der Waals surface area contributed by atoms with Gasteiger partial charge in [-0.3, -0.25) is 4.55 Å². The third kappa shape index (κ3) is 4.70. The van der Waals surface area contributed by atoms with E-state index in [1.54, 1.807) is 31.2 Å². The Morgan fingerprint density at radius 3 is 2.50 bits per heavy atom. The van der Waals surface area contributed by atoms with E-state index in [1.165, 1.54) is 25.3 Å². The van der Waals surface area contributed by atoms with Crippen LogP contribution in [0, 0.1) is 6.92 Å². The predicted octanol–water partition coefficient (Wildman–Crippen LogP) is 4.95. The number of aryl methyl sites for hydroxylation is 1. The van der Waals surface area contributed by atoms with Crippen molar-refractivity contribution in [1.29, 1.82) is 0 Å². The molecule has 0 radical (unpaired) electrons. The Morgan fingerprint density at radius 2 is 1.83 bits per heavy atom. The molecular formula is C18H16N2O8S2. The second-order valence-corrected chi connectivity index (χ2v) is 8.16. The van der Waals surface area contributed by atoms with Gasteiger partial charge in [-0.1, -0.05) is 28.8 Å². The van der Waals surface area contributed by atoms with E-state index in [0.717, 1.165) is 5.56 Å². The molecule has 0 atom stereocenters. The molecule has 0 heterocycles. The van der Waals surface area contributed by atoms with E-state index in [1.807, 2.05) is 0 Å². The molecule has 3 N–H and O–H groups in total. The van der Waals surface area contributed by atoms with Crippen LogP contribution in [0.25, 0.3) is 10.8 Å². The van der Waals surface area contributed by atoms with Gasteiger partial charge in [0.2, 0.25) is 0 Å². The first-order chi connectivity index (χ1) is 14.2. The van der Waals surface area contributed by atoms with Gasteiger partial charge in [0.25, 0.3) is 10.1 Å². The van der Waals surface area contributed by atoms with Gasteiger partial charge in [-0.15, -0.1) is 14.6 Å². The fourth-order valence-electron chi connectivity index (χ4n) is 2.69. The summed E-state index contributed by atoms with van der Waals surface area (Å²) in [6.45, 7) is 1.80. The summed E-state index contributed by atoms with van der Waals surface area (Å²) < 4.78 is 42.9. The van der Waals surface area contributed by atoms with E-state index >= 15 is 0 Å². The Labute approximate surface area is 175 Å². The molecule has 0 aliphatic carbocycles. The van der Waals surface area contributed by atoms with Crippen molar-refractivity contribution >= 4 is 44.3 Å². The van der Waals surface area contributed by atoms with Gasteiger partial charge in [-0.2, -0.15) is 8.42 Å². The Morgan fingerprint density at radius 1 is 1.07 bits per heavy atom. The second-order valence-electron chi connectivity index (χ2n) is 6.03. The van der Waals surface area contributed by atoms with Gasteiger partial charge in [0.15, 0.2) is 5.75 Å². The number of benzene rings is 3. The molecule has 0 fully saturated rings. The van der Waals surface area contributed by atoms with Gasteiger partial charge in [0.1, 0.15) is 22.0 Å². The van der Waals surface area contributed by atoms with Gasteiger partial charge in [-0.05, 0) is 36.6 Å². The smallest absolute Gasteiger partial charge is 0.296 e. The number of nitrogens with zero attached hydrogens (tertiary/aromatic N) is 2. The molecule has 12 heteroatoms. The normalized spacial score (nSPS) is 12.0. The van der Waals surface area contributed by atoms with Crippen molar-refractivity contribution in [2.24, 2.45) is 10.2 Å². The van der Waals surface area contributed by atoms with Crippen LogP contribution < -0.4 is 4.74 Å². The van der Waals surface area contributed by atoms with Crippen molar-refractivity contribution in [3.05, 3.63) is 48.0 Å². The highest BCUT2D eigenvalue weighted by Crippen LogP contribution is 2.42. The van der Waals surface area contributed by atoms with E-state index in [9.17, 15) is 18.1 Å². The molecule has 0 saturated heterocycles. The summed E-state index contributed by atoms with van der Waals surface area (Å²) >= 11 is 0.594. The quantitative estimate of drug-likeness (QED) is 0.149. The van der Waals surface area contributed by atoms with Crippen molar-refractivity contribution in [1.82, 2.24) is 0 Å². The van der Waals surface area contributed by atoms with E-state index in [-0.39, 0.29) is 5.69 Å². The van der Waals surface area contributed by atoms with Gasteiger partial charge in [0, 0.05) is 5.39 Å². The first-order valence-electron chi connectivity index (χ1n) is 8.23. The minimum Gasteiger partial charge on any atom is -0.505 e. The van der Waals surface area contributed by atoms with Crippen LogP contribution in [-0.4, -0.2) is 30.4 Å². The maximum atomic E-state index is 11.9. The minimum atomic E-state index is -4.72. The SMILES string of the molecule is COc1ccc(N=Nc2c(S(=O)(=O)O)cc3cc(C)ccc3c2O)c(SOOO)c1. The summed E-state index contributed by atoms with van der Waals surface area (Å²) in [5.74, 6) is -0.0120. The number of hydrogen-bond donors (Lipinski definition) is 3. The molecule has 3 aromatic rings. The molecule has 30 heavy (non-hydrogen) atoms. The van der Waals surface area contributed by atoms with Crippen LogP contribution in [0.4, 0.5) is 11.4 Å². The molecule has 0 unspecified atom stereocenters. The largest absolute Gasteiger partial charge is 0.505 e. The summed E-state index contributed by atoms with van der Waals surface area (Å²) in [5, 5.41) is 31.1. The van der Waals surface area contributed by atoms with E-state index in [0.29, 0.717) is 33.5 Å². The Kier molecular flexibility index (Phi) is 6.55. The molecule has 0 aliphatic heterocycles. The highest BCUT2D eigenvalue weighted by Gasteiger charge is 2.22. The molecular weight excluding hydrogens is 436 g/mol. The van der Waals surface area contributed by atoms with Crippen LogP contribution in [0.1, 0.15) is 5.56 Å². The molecule has 0 saturated carbocycles.